The van der Waals surface area contributed by atoms with Gasteiger partial charge in [-0.05, 0) is 18.2 Å². The van der Waals surface area contributed by atoms with Crippen LogP contribution in [0.25, 0.3) is 0 Å². The van der Waals surface area contributed by atoms with Crippen molar-refractivity contribution >= 4 is 11.9 Å². The second-order valence-electron chi connectivity index (χ2n) is 3.14. The van der Waals surface area contributed by atoms with Gasteiger partial charge in [-0.1, -0.05) is 24.3 Å². The molecule has 1 N–H and O–H groups in total. The van der Waals surface area contributed by atoms with Crippen molar-refractivity contribution in [2.24, 2.45) is 5.92 Å². The van der Waals surface area contributed by atoms with E-state index >= 15 is 0 Å². The first-order valence-electron chi connectivity index (χ1n) is 4.93. The molecule has 0 amide bonds. The highest BCUT2D eigenvalue weighted by atomic mass is 16.4. The third-order valence-electron chi connectivity index (χ3n) is 1.98. The molecule has 0 fully saturated rings. The molecule has 2 rings (SSSR count). The van der Waals surface area contributed by atoms with Crippen LogP contribution in [0.3, 0.4) is 0 Å². The summed E-state index contributed by atoms with van der Waals surface area (Å²) in [5, 5.41) is 8.55. The van der Waals surface area contributed by atoms with Gasteiger partial charge in [0.25, 0.3) is 0 Å². The molecule has 17 heavy (non-hydrogen) atoms. The van der Waals surface area contributed by atoms with Gasteiger partial charge in [-0.25, -0.2) is 4.79 Å². The molecule has 4 nitrogen and oxygen atoms in total. The second-order valence-corrected chi connectivity index (χ2v) is 3.14. The van der Waals surface area contributed by atoms with E-state index < -0.39 is 11.9 Å². The highest BCUT2D eigenvalue weighted by Gasteiger charge is 2.19. The Morgan fingerprint density at radius 3 is 2.29 bits per heavy atom. The maximum absolute atomic E-state index is 10.4. The summed E-state index contributed by atoms with van der Waals surface area (Å²) < 4.78 is 0. The molecule has 4 heteroatoms. The largest absolute Gasteiger partial charge is 0.481 e. The Hall–Kier alpha value is -2.45. The minimum absolute atomic E-state index is 0.167. The fourth-order valence-electron chi connectivity index (χ4n) is 1.17. The Labute approximate surface area is 98.6 Å². The lowest BCUT2D eigenvalue weighted by Crippen LogP contribution is -2.14. The zero-order valence-corrected chi connectivity index (χ0v) is 8.98. The summed E-state index contributed by atoms with van der Waals surface area (Å²) >= 11 is 0. The van der Waals surface area contributed by atoms with Crippen molar-refractivity contribution in [3.63, 3.8) is 0 Å². The van der Waals surface area contributed by atoms with Crippen LogP contribution in [-0.2, 0) is 9.59 Å². The van der Waals surface area contributed by atoms with Gasteiger partial charge in [0, 0.05) is 12.4 Å². The number of carbonyl (C=O) groups excluding carboxylic acids is 1. The molecule has 1 atom stereocenters. The van der Waals surface area contributed by atoms with Gasteiger partial charge < -0.3 is 5.11 Å². The van der Waals surface area contributed by atoms with Gasteiger partial charge in [0.15, 0.2) is 0 Å². The Morgan fingerprint density at radius 2 is 1.94 bits per heavy atom. The first-order chi connectivity index (χ1) is 8.25. The van der Waals surface area contributed by atoms with E-state index in [-0.39, 0.29) is 5.57 Å². The molecule has 0 aliphatic heterocycles. The number of pyridine rings is 1. The van der Waals surface area contributed by atoms with E-state index in [1.807, 2.05) is 18.2 Å². The number of rotatable bonds is 1. The lowest BCUT2D eigenvalue weighted by atomic mass is 9.96. The van der Waals surface area contributed by atoms with Gasteiger partial charge in [0.1, 0.15) is 11.9 Å². The molecule has 1 aromatic rings. The second kappa shape index (κ2) is 6.93. The highest BCUT2D eigenvalue weighted by Crippen LogP contribution is 2.15. The highest BCUT2D eigenvalue weighted by molar-refractivity contribution is 5.82. The van der Waals surface area contributed by atoms with Crippen molar-refractivity contribution in [3.8, 4) is 0 Å². The molecule has 0 saturated heterocycles. The minimum atomic E-state index is -1.02. The number of carbonyl (C=O) groups is 1. The summed E-state index contributed by atoms with van der Waals surface area (Å²) in [6.07, 6.45) is 9.60. The Kier molecular flexibility index (Phi) is 5.14. The molecule has 1 aliphatic carbocycles. The number of nitrogens with zero attached hydrogens (tertiary/aromatic N) is 1. The quantitative estimate of drug-likeness (QED) is 0.743. The lowest BCUT2D eigenvalue weighted by molar-refractivity contribution is -0.138. The van der Waals surface area contributed by atoms with E-state index in [4.69, 9.17) is 5.11 Å². The van der Waals surface area contributed by atoms with Crippen LogP contribution in [0.5, 0.6) is 0 Å². The van der Waals surface area contributed by atoms with Crippen molar-refractivity contribution in [1.82, 2.24) is 4.98 Å². The molecule has 0 radical (unpaired) electrons. The lowest BCUT2D eigenvalue weighted by Gasteiger charge is -2.06. The van der Waals surface area contributed by atoms with Crippen molar-refractivity contribution < 1.29 is 14.7 Å². The maximum Gasteiger partial charge on any atom is 0.315 e. The van der Waals surface area contributed by atoms with Crippen LogP contribution in [0.4, 0.5) is 0 Å². The predicted molar refractivity (Wildman–Crippen MR) is 62.8 cm³/mol. The predicted octanol–water partition coefficient (Wildman–Crippen LogP) is 1.65. The molecule has 1 unspecified atom stereocenters. The van der Waals surface area contributed by atoms with Gasteiger partial charge in [0.05, 0.1) is 5.57 Å². The maximum atomic E-state index is 10.4. The molecule has 1 aromatic heterocycles. The molecule has 0 bridgehead atoms. The fourth-order valence-corrected chi connectivity index (χ4v) is 1.17. The van der Waals surface area contributed by atoms with E-state index in [0.29, 0.717) is 0 Å². The number of hydrogen-bond acceptors (Lipinski definition) is 3. The Bertz CT molecular complexity index is 444. The van der Waals surface area contributed by atoms with Gasteiger partial charge >= 0.3 is 5.97 Å². The SMILES string of the molecule is O=C=C1C=CC=CC1C(=O)O.c1ccncc1. The van der Waals surface area contributed by atoms with Crippen LogP contribution in [0.1, 0.15) is 0 Å². The van der Waals surface area contributed by atoms with Gasteiger partial charge in [-0.2, -0.15) is 0 Å². The van der Waals surface area contributed by atoms with E-state index in [2.05, 4.69) is 4.98 Å². The summed E-state index contributed by atoms with van der Waals surface area (Å²) in [7, 11) is 0. The molecular weight excluding hydrogens is 218 g/mol. The third kappa shape index (κ3) is 4.28. The first kappa shape index (κ1) is 12.6. The number of aromatic nitrogens is 1. The molecule has 0 saturated carbocycles. The summed E-state index contributed by atoms with van der Waals surface area (Å²) in [6.45, 7) is 0. The van der Waals surface area contributed by atoms with E-state index in [1.54, 1.807) is 30.5 Å². The normalized spacial score (nSPS) is 16.7. The minimum Gasteiger partial charge on any atom is -0.481 e. The van der Waals surface area contributed by atoms with Crippen molar-refractivity contribution in [3.05, 3.63) is 60.5 Å². The zero-order chi connectivity index (χ0) is 12.5. The van der Waals surface area contributed by atoms with Crippen LogP contribution in [-0.4, -0.2) is 22.0 Å². The molecule has 1 aliphatic rings. The van der Waals surface area contributed by atoms with E-state index in [9.17, 15) is 9.59 Å². The average molecular weight is 229 g/mol. The molecule has 86 valence electrons. The number of carboxylic acids is 1. The van der Waals surface area contributed by atoms with Crippen molar-refractivity contribution in [2.75, 3.05) is 0 Å². The van der Waals surface area contributed by atoms with Crippen LogP contribution in [0.2, 0.25) is 0 Å². The third-order valence-corrected chi connectivity index (χ3v) is 1.98. The smallest absolute Gasteiger partial charge is 0.315 e. The van der Waals surface area contributed by atoms with E-state index in [0.717, 1.165) is 0 Å². The zero-order valence-electron chi connectivity index (χ0n) is 8.98. The monoisotopic (exact) mass is 229 g/mol. The van der Waals surface area contributed by atoms with Gasteiger partial charge in [0.2, 0.25) is 0 Å². The van der Waals surface area contributed by atoms with Crippen molar-refractivity contribution in [2.45, 2.75) is 0 Å². The van der Waals surface area contributed by atoms with Crippen molar-refractivity contribution in [1.29, 1.82) is 0 Å². The average Bonchev–Trinajstić information content (AvgIpc) is 2.41. The van der Waals surface area contributed by atoms with Crippen LogP contribution < -0.4 is 0 Å². The van der Waals surface area contributed by atoms with Gasteiger partial charge in [-0.3, -0.25) is 9.78 Å². The topological polar surface area (TPSA) is 67.3 Å². The molecular formula is C13H11NO3. The summed E-state index contributed by atoms with van der Waals surface area (Å²) in [4.78, 5) is 24.4. The molecule has 1 heterocycles. The van der Waals surface area contributed by atoms with E-state index in [1.165, 1.54) is 12.2 Å². The summed E-state index contributed by atoms with van der Waals surface area (Å²) in [5.74, 6) is -0.263. The number of carboxylic acid groups (broad SMARTS) is 1. The fraction of sp³-hybridized carbons (Fsp3) is 0.0769. The number of aliphatic carboxylic acids is 1. The first-order valence-corrected chi connectivity index (χ1v) is 4.93. The summed E-state index contributed by atoms with van der Waals surface area (Å²) in [5.41, 5.74) is 0.167. The van der Waals surface area contributed by atoms with Crippen LogP contribution in [0, 0.1) is 5.92 Å². The Balaban J connectivity index is 0.000000202. The number of allylic oxidation sites excluding steroid dienone is 3. The van der Waals surface area contributed by atoms with Crippen LogP contribution in [0.15, 0.2) is 60.5 Å². The van der Waals surface area contributed by atoms with Crippen LogP contribution >= 0.6 is 0 Å². The molecule has 0 aromatic carbocycles. The summed E-state index contributed by atoms with van der Waals surface area (Å²) in [6, 6.07) is 5.72. The Morgan fingerprint density at radius 1 is 1.24 bits per heavy atom. The number of hydrogen-bond donors (Lipinski definition) is 1. The molecule has 0 spiro atoms. The van der Waals surface area contributed by atoms with Gasteiger partial charge in [-0.15, -0.1) is 0 Å². The standard InChI is InChI=1S/C8H6O3.C5H5N/c9-5-6-3-1-2-4-7(6)8(10)11;1-2-4-6-5-3-1/h1-4,7H,(H,10,11);1-5H.